The third-order valence-electron chi connectivity index (χ3n) is 2.97. The number of para-hydroxylation sites is 1. The van der Waals surface area contributed by atoms with Gasteiger partial charge in [0.05, 0.1) is 0 Å². The fourth-order valence-corrected chi connectivity index (χ4v) is 2.21. The third-order valence-corrected chi connectivity index (χ3v) is 2.97. The molecule has 0 bridgehead atoms. The van der Waals surface area contributed by atoms with Crippen molar-refractivity contribution in [1.82, 2.24) is 0 Å². The molecule has 0 radical (unpaired) electrons. The zero-order valence-electron chi connectivity index (χ0n) is 7.87. The summed E-state index contributed by atoms with van der Waals surface area (Å²) in [6.45, 7) is 0. The molecule has 1 N–H and O–H groups in total. The van der Waals surface area contributed by atoms with Crippen LogP contribution < -0.4 is 0 Å². The Morgan fingerprint density at radius 1 is 1.15 bits per heavy atom. The highest BCUT2D eigenvalue weighted by Crippen LogP contribution is 2.30. The van der Waals surface area contributed by atoms with Gasteiger partial charge in [-0.2, -0.15) is 0 Å². The summed E-state index contributed by atoms with van der Waals surface area (Å²) in [7, 11) is 0. The zero-order chi connectivity index (χ0) is 9.10. The maximum atomic E-state index is 9.57. The van der Waals surface area contributed by atoms with E-state index >= 15 is 0 Å². The summed E-state index contributed by atoms with van der Waals surface area (Å²) < 4.78 is 0. The molecule has 13 heavy (non-hydrogen) atoms. The summed E-state index contributed by atoms with van der Waals surface area (Å²) in [5.41, 5.74) is 1.12. The van der Waals surface area contributed by atoms with Gasteiger partial charge in [-0.25, -0.2) is 0 Å². The van der Waals surface area contributed by atoms with Crippen LogP contribution in [0, 0.1) is 5.92 Å². The molecule has 0 spiro atoms. The van der Waals surface area contributed by atoms with Crippen molar-refractivity contribution in [2.24, 2.45) is 5.92 Å². The van der Waals surface area contributed by atoms with E-state index in [1.165, 1.54) is 25.7 Å². The normalized spacial score (nSPS) is 17.8. The minimum atomic E-state index is 0.467. The second-order valence-corrected chi connectivity index (χ2v) is 3.98. The van der Waals surface area contributed by atoms with Crippen molar-refractivity contribution in [2.75, 3.05) is 0 Å². The first-order chi connectivity index (χ1) is 6.36. The lowest BCUT2D eigenvalue weighted by atomic mass is 9.97. The largest absolute Gasteiger partial charge is 0.508 e. The SMILES string of the molecule is Oc1ccccc1CC1CCCC1. The van der Waals surface area contributed by atoms with Crippen molar-refractivity contribution < 1.29 is 5.11 Å². The van der Waals surface area contributed by atoms with Gasteiger partial charge in [0.2, 0.25) is 0 Å². The second-order valence-electron chi connectivity index (χ2n) is 3.98. The molecule has 0 atom stereocenters. The van der Waals surface area contributed by atoms with Crippen molar-refractivity contribution in [2.45, 2.75) is 32.1 Å². The number of hydrogen-bond acceptors (Lipinski definition) is 1. The lowest BCUT2D eigenvalue weighted by Crippen LogP contribution is -1.98. The van der Waals surface area contributed by atoms with Crippen LogP contribution in [0.3, 0.4) is 0 Å². The maximum Gasteiger partial charge on any atom is 0.118 e. The lowest BCUT2D eigenvalue weighted by Gasteiger charge is -2.09. The van der Waals surface area contributed by atoms with Gasteiger partial charge in [-0.05, 0) is 24.0 Å². The van der Waals surface area contributed by atoms with E-state index in [0.717, 1.165) is 17.9 Å². The highest BCUT2D eigenvalue weighted by atomic mass is 16.3. The zero-order valence-corrected chi connectivity index (χ0v) is 7.87. The molecule has 0 heterocycles. The van der Waals surface area contributed by atoms with Crippen LogP contribution in [0.5, 0.6) is 5.75 Å². The topological polar surface area (TPSA) is 20.2 Å². The van der Waals surface area contributed by atoms with Crippen molar-refractivity contribution in [3.63, 3.8) is 0 Å². The van der Waals surface area contributed by atoms with Crippen LogP contribution in [0.2, 0.25) is 0 Å². The Bertz CT molecular complexity index is 274. The molecular weight excluding hydrogens is 160 g/mol. The molecule has 70 valence electrons. The molecular formula is C12H16O. The van der Waals surface area contributed by atoms with Gasteiger partial charge in [0, 0.05) is 0 Å². The van der Waals surface area contributed by atoms with Gasteiger partial charge in [0.1, 0.15) is 5.75 Å². The number of rotatable bonds is 2. The lowest BCUT2D eigenvalue weighted by molar-refractivity contribution is 0.455. The Hall–Kier alpha value is -0.980. The first-order valence-electron chi connectivity index (χ1n) is 5.13. The number of aromatic hydroxyl groups is 1. The van der Waals surface area contributed by atoms with E-state index in [1.807, 2.05) is 18.2 Å². The van der Waals surface area contributed by atoms with Crippen LogP contribution in [0.4, 0.5) is 0 Å². The standard InChI is InChI=1S/C12H16O/c13-12-8-4-3-7-11(12)9-10-5-1-2-6-10/h3-4,7-8,10,13H,1-2,5-6,9H2. The van der Waals surface area contributed by atoms with Gasteiger partial charge in [-0.15, -0.1) is 0 Å². The van der Waals surface area contributed by atoms with Crippen LogP contribution >= 0.6 is 0 Å². The average Bonchev–Trinajstić information content (AvgIpc) is 2.61. The van der Waals surface area contributed by atoms with Crippen LogP contribution in [0.1, 0.15) is 31.2 Å². The van der Waals surface area contributed by atoms with Gasteiger partial charge < -0.3 is 5.11 Å². The molecule has 1 aliphatic carbocycles. The molecule has 1 aliphatic rings. The Balaban J connectivity index is 2.04. The summed E-state index contributed by atoms with van der Waals surface area (Å²) in [6.07, 6.45) is 6.49. The number of hydrogen-bond donors (Lipinski definition) is 1. The fraction of sp³-hybridized carbons (Fsp3) is 0.500. The van der Waals surface area contributed by atoms with Gasteiger partial charge >= 0.3 is 0 Å². The summed E-state index contributed by atoms with van der Waals surface area (Å²) >= 11 is 0. The molecule has 1 heteroatoms. The predicted molar refractivity (Wildman–Crippen MR) is 53.8 cm³/mol. The first-order valence-corrected chi connectivity index (χ1v) is 5.13. The van der Waals surface area contributed by atoms with Crippen molar-refractivity contribution >= 4 is 0 Å². The van der Waals surface area contributed by atoms with Crippen molar-refractivity contribution in [3.8, 4) is 5.75 Å². The van der Waals surface area contributed by atoms with Crippen molar-refractivity contribution in [1.29, 1.82) is 0 Å². The Kier molecular flexibility index (Phi) is 2.53. The van der Waals surface area contributed by atoms with Gasteiger partial charge in [0.25, 0.3) is 0 Å². The van der Waals surface area contributed by atoms with Crippen LogP contribution in [-0.4, -0.2) is 5.11 Å². The van der Waals surface area contributed by atoms with E-state index in [0.29, 0.717) is 5.75 Å². The van der Waals surface area contributed by atoms with Gasteiger partial charge in [-0.3, -0.25) is 0 Å². The average molecular weight is 176 g/mol. The monoisotopic (exact) mass is 176 g/mol. The van der Waals surface area contributed by atoms with Crippen LogP contribution in [-0.2, 0) is 6.42 Å². The molecule has 1 aromatic rings. The Morgan fingerprint density at radius 2 is 1.85 bits per heavy atom. The molecule has 1 fully saturated rings. The van der Waals surface area contributed by atoms with E-state index in [-0.39, 0.29) is 0 Å². The van der Waals surface area contributed by atoms with Crippen molar-refractivity contribution in [3.05, 3.63) is 29.8 Å². The molecule has 0 unspecified atom stereocenters. The summed E-state index contributed by atoms with van der Waals surface area (Å²) in [6, 6.07) is 7.70. The molecule has 1 aromatic carbocycles. The maximum absolute atomic E-state index is 9.57. The molecule has 0 aliphatic heterocycles. The summed E-state index contributed by atoms with van der Waals surface area (Å²) in [5.74, 6) is 1.28. The van der Waals surface area contributed by atoms with Gasteiger partial charge in [0.15, 0.2) is 0 Å². The third kappa shape index (κ3) is 2.03. The first kappa shape index (κ1) is 8.61. The summed E-state index contributed by atoms with van der Waals surface area (Å²) in [4.78, 5) is 0. The van der Waals surface area contributed by atoms with E-state index in [4.69, 9.17) is 0 Å². The van der Waals surface area contributed by atoms with E-state index < -0.39 is 0 Å². The van der Waals surface area contributed by atoms with Crippen LogP contribution in [0.25, 0.3) is 0 Å². The molecule has 0 aromatic heterocycles. The molecule has 1 nitrogen and oxygen atoms in total. The van der Waals surface area contributed by atoms with E-state index in [9.17, 15) is 5.11 Å². The molecule has 0 amide bonds. The minimum absolute atomic E-state index is 0.467. The Labute approximate surface area is 79.4 Å². The summed E-state index contributed by atoms with van der Waals surface area (Å²) in [5, 5.41) is 9.57. The van der Waals surface area contributed by atoms with E-state index in [1.54, 1.807) is 6.07 Å². The minimum Gasteiger partial charge on any atom is -0.508 e. The van der Waals surface area contributed by atoms with Gasteiger partial charge in [-0.1, -0.05) is 43.9 Å². The Morgan fingerprint density at radius 3 is 2.54 bits per heavy atom. The highest BCUT2D eigenvalue weighted by molar-refractivity contribution is 5.32. The molecule has 0 saturated heterocycles. The predicted octanol–water partition coefficient (Wildman–Crippen LogP) is 3.12. The highest BCUT2D eigenvalue weighted by Gasteiger charge is 2.16. The van der Waals surface area contributed by atoms with E-state index in [2.05, 4.69) is 0 Å². The quantitative estimate of drug-likeness (QED) is 0.734. The molecule has 1 saturated carbocycles. The number of phenols is 1. The number of benzene rings is 1. The smallest absolute Gasteiger partial charge is 0.118 e. The second kappa shape index (κ2) is 3.82. The fourth-order valence-electron chi connectivity index (χ4n) is 2.21. The number of phenolic OH excluding ortho intramolecular Hbond substituents is 1. The molecule has 2 rings (SSSR count). The van der Waals surface area contributed by atoms with Crippen LogP contribution in [0.15, 0.2) is 24.3 Å².